The second-order valence-electron chi connectivity index (χ2n) is 8.96. The standard InChI is InChI=1S/C28H24ClN5O5/c29-14-15-39-20-10-8-19(9-11-20)33-32-18-6-4-17(5-7-18)26(36)30-23-3-1-2-21-22(23)16-34(28(21)38)24-12-13-25(35)31-27(24)37/h1-11,24H,12-16H2,(H,30,36)(H,31,35,37). The lowest BCUT2D eigenvalue weighted by Crippen LogP contribution is -2.52. The van der Waals surface area contributed by atoms with Gasteiger partial charge in [-0.2, -0.15) is 10.2 Å². The van der Waals surface area contributed by atoms with Crippen LogP contribution in [0.4, 0.5) is 17.1 Å². The Morgan fingerprint density at radius 3 is 2.36 bits per heavy atom. The molecule has 11 heteroatoms. The minimum Gasteiger partial charge on any atom is -0.492 e. The number of rotatable bonds is 8. The van der Waals surface area contributed by atoms with Crippen molar-refractivity contribution in [2.75, 3.05) is 17.8 Å². The number of alkyl halides is 1. The molecule has 4 amide bonds. The van der Waals surface area contributed by atoms with E-state index in [0.717, 1.165) is 0 Å². The van der Waals surface area contributed by atoms with Gasteiger partial charge in [-0.15, -0.1) is 11.6 Å². The molecule has 0 saturated carbocycles. The van der Waals surface area contributed by atoms with Gasteiger partial charge in [0.1, 0.15) is 18.4 Å². The molecule has 3 aromatic rings. The summed E-state index contributed by atoms with van der Waals surface area (Å²) in [5.41, 5.74) is 3.16. The molecule has 5 rings (SSSR count). The predicted molar refractivity (Wildman–Crippen MR) is 144 cm³/mol. The number of anilines is 1. The van der Waals surface area contributed by atoms with Crippen LogP contribution < -0.4 is 15.4 Å². The molecule has 0 spiro atoms. The lowest BCUT2D eigenvalue weighted by molar-refractivity contribution is -0.136. The second kappa shape index (κ2) is 11.4. The summed E-state index contributed by atoms with van der Waals surface area (Å²) >= 11 is 5.62. The first kappa shape index (κ1) is 26.1. The average molecular weight is 546 g/mol. The molecule has 2 heterocycles. The molecule has 0 radical (unpaired) electrons. The number of ether oxygens (including phenoxy) is 1. The summed E-state index contributed by atoms with van der Waals surface area (Å²) in [6, 6.07) is 18.1. The van der Waals surface area contributed by atoms with Gasteiger partial charge in [0, 0.05) is 35.3 Å². The summed E-state index contributed by atoms with van der Waals surface area (Å²) in [6.07, 6.45) is 0.440. The zero-order valence-electron chi connectivity index (χ0n) is 20.7. The van der Waals surface area contributed by atoms with Crippen LogP contribution in [0.1, 0.15) is 39.1 Å². The number of carbonyl (C=O) groups is 4. The minimum absolute atomic E-state index is 0.163. The van der Waals surface area contributed by atoms with Crippen LogP contribution in [0.2, 0.25) is 0 Å². The molecular formula is C28H24ClN5O5. The Balaban J connectivity index is 1.24. The molecule has 0 bridgehead atoms. The summed E-state index contributed by atoms with van der Waals surface area (Å²) in [5, 5.41) is 13.6. The van der Waals surface area contributed by atoms with Crippen molar-refractivity contribution in [1.82, 2.24) is 10.2 Å². The fraction of sp³-hybridized carbons (Fsp3) is 0.214. The maximum absolute atomic E-state index is 13.0. The van der Waals surface area contributed by atoms with Crippen LogP contribution in [-0.4, -0.2) is 47.1 Å². The van der Waals surface area contributed by atoms with Crippen molar-refractivity contribution in [2.45, 2.75) is 25.4 Å². The lowest BCUT2D eigenvalue weighted by atomic mass is 10.0. The maximum atomic E-state index is 13.0. The van der Waals surface area contributed by atoms with E-state index in [1.165, 1.54) is 4.90 Å². The molecule has 198 valence electrons. The van der Waals surface area contributed by atoms with Gasteiger partial charge in [-0.1, -0.05) is 6.07 Å². The Morgan fingerprint density at radius 1 is 1.00 bits per heavy atom. The number of carbonyl (C=O) groups excluding carboxylic acids is 4. The fourth-order valence-corrected chi connectivity index (χ4v) is 4.53. The van der Waals surface area contributed by atoms with Crippen LogP contribution in [0.5, 0.6) is 5.75 Å². The fourth-order valence-electron chi connectivity index (χ4n) is 4.46. The molecule has 0 aromatic heterocycles. The van der Waals surface area contributed by atoms with Crippen LogP contribution >= 0.6 is 11.6 Å². The summed E-state index contributed by atoms with van der Waals surface area (Å²) in [4.78, 5) is 51.3. The van der Waals surface area contributed by atoms with Crippen molar-refractivity contribution >= 4 is 52.3 Å². The van der Waals surface area contributed by atoms with Crippen LogP contribution in [0.15, 0.2) is 77.0 Å². The van der Waals surface area contributed by atoms with Gasteiger partial charge < -0.3 is 15.0 Å². The number of amides is 4. The number of benzene rings is 3. The SMILES string of the molecule is O=C1CCC(N2Cc3c(NC(=O)c4ccc(N=Nc5ccc(OCCCl)cc5)cc4)cccc3C2=O)C(=O)N1. The average Bonchev–Trinajstić information content (AvgIpc) is 3.28. The number of piperidine rings is 1. The first-order valence-electron chi connectivity index (χ1n) is 12.3. The Hall–Kier alpha value is -4.57. The number of nitrogens with one attached hydrogen (secondary N) is 2. The van der Waals surface area contributed by atoms with Crippen LogP contribution in [-0.2, 0) is 16.1 Å². The molecule has 39 heavy (non-hydrogen) atoms. The third-order valence-electron chi connectivity index (χ3n) is 6.42. The van der Waals surface area contributed by atoms with Gasteiger partial charge in [-0.25, -0.2) is 0 Å². The number of hydrogen-bond acceptors (Lipinski definition) is 7. The molecular weight excluding hydrogens is 522 g/mol. The first-order chi connectivity index (χ1) is 18.9. The number of imide groups is 1. The zero-order valence-corrected chi connectivity index (χ0v) is 21.5. The molecule has 1 atom stereocenters. The normalized spacial score (nSPS) is 16.8. The highest BCUT2D eigenvalue weighted by atomic mass is 35.5. The molecule has 1 unspecified atom stereocenters. The van der Waals surface area contributed by atoms with E-state index in [4.69, 9.17) is 16.3 Å². The van der Waals surface area contributed by atoms with Crippen molar-refractivity contribution in [3.8, 4) is 5.75 Å². The highest BCUT2D eigenvalue weighted by Crippen LogP contribution is 2.32. The lowest BCUT2D eigenvalue weighted by Gasteiger charge is -2.29. The predicted octanol–water partition coefficient (Wildman–Crippen LogP) is 4.73. The van der Waals surface area contributed by atoms with E-state index in [1.54, 1.807) is 66.7 Å². The summed E-state index contributed by atoms with van der Waals surface area (Å²) in [5.74, 6) is -0.380. The van der Waals surface area contributed by atoms with E-state index < -0.39 is 11.9 Å². The van der Waals surface area contributed by atoms with Gasteiger partial charge in [0.2, 0.25) is 11.8 Å². The van der Waals surface area contributed by atoms with E-state index in [9.17, 15) is 19.2 Å². The monoisotopic (exact) mass is 545 g/mol. The summed E-state index contributed by atoms with van der Waals surface area (Å²) in [6.45, 7) is 0.587. The van der Waals surface area contributed by atoms with Crippen LogP contribution in [0, 0.1) is 0 Å². The van der Waals surface area contributed by atoms with E-state index in [0.29, 0.717) is 52.0 Å². The maximum Gasteiger partial charge on any atom is 0.255 e. The van der Waals surface area contributed by atoms with E-state index in [1.807, 2.05) is 0 Å². The van der Waals surface area contributed by atoms with Gasteiger partial charge in [-0.05, 0) is 67.1 Å². The molecule has 2 N–H and O–H groups in total. The molecule has 1 fully saturated rings. The second-order valence-corrected chi connectivity index (χ2v) is 9.34. The topological polar surface area (TPSA) is 130 Å². The number of halogens is 1. The van der Waals surface area contributed by atoms with E-state index in [2.05, 4.69) is 20.9 Å². The highest BCUT2D eigenvalue weighted by molar-refractivity contribution is 6.18. The molecule has 10 nitrogen and oxygen atoms in total. The zero-order chi connectivity index (χ0) is 27.4. The number of fused-ring (bicyclic) bond motifs is 1. The quantitative estimate of drug-likeness (QED) is 0.240. The third kappa shape index (κ3) is 5.80. The Morgan fingerprint density at radius 2 is 1.69 bits per heavy atom. The Kier molecular flexibility index (Phi) is 7.64. The van der Waals surface area contributed by atoms with Gasteiger partial charge in [-0.3, -0.25) is 24.5 Å². The minimum atomic E-state index is -0.727. The van der Waals surface area contributed by atoms with Crippen molar-refractivity contribution in [3.05, 3.63) is 83.4 Å². The van der Waals surface area contributed by atoms with Crippen LogP contribution in [0.3, 0.4) is 0 Å². The molecule has 0 aliphatic carbocycles. The van der Waals surface area contributed by atoms with Crippen molar-refractivity contribution in [1.29, 1.82) is 0 Å². The van der Waals surface area contributed by atoms with Crippen molar-refractivity contribution < 1.29 is 23.9 Å². The summed E-state index contributed by atoms with van der Waals surface area (Å²) < 4.78 is 5.43. The van der Waals surface area contributed by atoms with Crippen molar-refractivity contribution in [3.63, 3.8) is 0 Å². The van der Waals surface area contributed by atoms with E-state index in [-0.39, 0.29) is 37.1 Å². The highest BCUT2D eigenvalue weighted by Gasteiger charge is 2.40. The number of azo groups is 1. The summed E-state index contributed by atoms with van der Waals surface area (Å²) in [7, 11) is 0. The van der Waals surface area contributed by atoms with Gasteiger partial charge in [0.25, 0.3) is 11.8 Å². The van der Waals surface area contributed by atoms with Gasteiger partial charge in [0.05, 0.1) is 17.3 Å². The molecule has 2 aliphatic rings. The molecule has 3 aromatic carbocycles. The first-order valence-corrected chi connectivity index (χ1v) is 12.8. The molecule has 1 saturated heterocycles. The smallest absolute Gasteiger partial charge is 0.255 e. The molecule has 2 aliphatic heterocycles. The number of hydrogen-bond donors (Lipinski definition) is 2. The Bertz CT molecular complexity index is 1460. The van der Waals surface area contributed by atoms with Crippen LogP contribution in [0.25, 0.3) is 0 Å². The third-order valence-corrected chi connectivity index (χ3v) is 6.58. The van der Waals surface area contributed by atoms with Gasteiger partial charge >= 0.3 is 0 Å². The van der Waals surface area contributed by atoms with E-state index >= 15 is 0 Å². The largest absolute Gasteiger partial charge is 0.492 e. The Labute approximate surface area is 229 Å². The van der Waals surface area contributed by atoms with Crippen molar-refractivity contribution in [2.24, 2.45) is 10.2 Å². The number of nitrogens with zero attached hydrogens (tertiary/aromatic N) is 3. The van der Waals surface area contributed by atoms with Gasteiger partial charge in [0.15, 0.2) is 0 Å².